The van der Waals surface area contributed by atoms with E-state index in [1.807, 2.05) is 0 Å². The van der Waals surface area contributed by atoms with E-state index in [1.165, 1.54) is 0 Å². The number of H-pyrrole nitrogens is 1. The molecular weight excluding hydrogens is 142 g/mol. The molecule has 0 bridgehead atoms. The van der Waals surface area contributed by atoms with Gasteiger partial charge in [0.1, 0.15) is 5.82 Å². The van der Waals surface area contributed by atoms with Gasteiger partial charge < -0.3 is 11.1 Å². The van der Waals surface area contributed by atoms with E-state index in [0.29, 0.717) is 11.9 Å². The maximum Gasteiger partial charge on any atom is 0.239 e. The number of rotatable bonds is 1. The van der Waals surface area contributed by atoms with Crippen LogP contribution in [0, 0.1) is 0 Å². The van der Waals surface area contributed by atoms with Crippen LogP contribution in [0.15, 0.2) is 0 Å². The van der Waals surface area contributed by atoms with E-state index in [0.717, 1.165) is 25.3 Å². The average molecular weight is 153 g/mol. The topological polar surface area (TPSA) is 79.6 Å². The van der Waals surface area contributed by atoms with Gasteiger partial charge in [0.25, 0.3) is 0 Å². The fourth-order valence-corrected chi connectivity index (χ4v) is 1.36. The van der Waals surface area contributed by atoms with E-state index >= 15 is 0 Å². The minimum absolute atomic E-state index is 0.340. The van der Waals surface area contributed by atoms with Crippen LogP contribution in [0.4, 0.5) is 5.95 Å². The fraction of sp³-hybridized carbons (Fsp3) is 0.667. The number of nitrogens with one attached hydrogen (secondary N) is 2. The molecule has 60 valence electrons. The second-order valence-corrected chi connectivity index (χ2v) is 2.77. The van der Waals surface area contributed by atoms with Crippen molar-refractivity contribution in [2.24, 2.45) is 0 Å². The Bertz CT molecular complexity index is 237. The van der Waals surface area contributed by atoms with Gasteiger partial charge in [-0.15, -0.1) is 5.10 Å². The van der Waals surface area contributed by atoms with Gasteiger partial charge in [-0.2, -0.15) is 4.98 Å². The lowest BCUT2D eigenvalue weighted by atomic mass is 10.1. The Morgan fingerprint density at radius 2 is 2.45 bits per heavy atom. The maximum atomic E-state index is 5.37. The summed E-state index contributed by atoms with van der Waals surface area (Å²) in [5.41, 5.74) is 5.37. The molecule has 0 aliphatic carbocycles. The summed E-state index contributed by atoms with van der Waals surface area (Å²) in [6.07, 6.45) is 1.12. The molecule has 1 aliphatic rings. The zero-order valence-corrected chi connectivity index (χ0v) is 6.17. The first-order valence-electron chi connectivity index (χ1n) is 3.75. The molecule has 0 radical (unpaired) electrons. The van der Waals surface area contributed by atoms with Crippen LogP contribution in [0.25, 0.3) is 0 Å². The average Bonchev–Trinajstić information content (AvgIpc) is 2.55. The first kappa shape index (κ1) is 6.60. The zero-order valence-electron chi connectivity index (χ0n) is 6.17. The van der Waals surface area contributed by atoms with E-state index in [9.17, 15) is 0 Å². The van der Waals surface area contributed by atoms with Crippen molar-refractivity contribution in [1.82, 2.24) is 20.5 Å². The Balaban J connectivity index is 2.15. The zero-order chi connectivity index (χ0) is 7.68. The van der Waals surface area contributed by atoms with Gasteiger partial charge in [0.05, 0.1) is 0 Å². The van der Waals surface area contributed by atoms with Gasteiger partial charge in [-0.3, -0.25) is 5.10 Å². The molecule has 0 aromatic carbocycles. The monoisotopic (exact) mass is 153 g/mol. The van der Waals surface area contributed by atoms with Crippen molar-refractivity contribution in [3.8, 4) is 0 Å². The van der Waals surface area contributed by atoms with Crippen molar-refractivity contribution in [3.05, 3.63) is 5.82 Å². The molecule has 0 saturated carbocycles. The summed E-state index contributed by atoms with van der Waals surface area (Å²) in [6, 6.07) is 0. The minimum Gasteiger partial charge on any atom is -0.367 e. The molecule has 4 N–H and O–H groups in total. The van der Waals surface area contributed by atoms with Gasteiger partial charge in [0.15, 0.2) is 0 Å². The largest absolute Gasteiger partial charge is 0.367 e. The van der Waals surface area contributed by atoms with E-state index in [4.69, 9.17) is 5.73 Å². The molecule has 5 heteroatoms. The molecule has 5 nitrogen and oxygen atoms in total. The molecule has 1 aromatic rings. The highest BCUT2D eigenvalue weighted by Gasteiger charge is 2.19. The van der Waals surface area contributed by atoms with Crippen LogP contribution in [0.2, 0.25) is 0 Å². The Labute approximate surface area is 64.4 Å². The van der Waals surface area contributed by atoms with Crippen molar-refractivity contribution in [2.45, 2.75) is 12.3 Å². The highest BCUT2D eigenvalue weighted by molar-refractivity contribution is 5.15. The number of nitrogens with two attached hydrogens (primary N) is 1. The lowest BCUT2D eigenvalue weighted by Gasteiger charge is -2.00. The standard InChI is InChI=1S/C6H11N5/c7-6-9-5(10-11-6)4-1-2-8-3-4/h4,8H,1-3H2,(H3,7,9,10,11). The van der Waals surface area contributed by atoms with Crippen LogP contribution >= 0.6 is 0 Å². The number of nitrogen functional groups attached to an aromatic ring is 1. The Hall–Kier alpha value is -1.10. The summed E-state index contributed by atoms with van der Waals surface area (Å²) in [5, 5.41) is 9.85. The van der Waals surface area contributed by atoms with Crippen molar-refractivity contribution in [2.75, 3.05) is 18.8 Å². The lowest BCUT2D eigenvalue weighted by molar-refractivity contribution is 0.706. The molecule has 1 saturated heterocycles. The maximum absolute atomic E-state index is 5.37. The smallest absolute Gasteiger partial charge is 0.239 e. The number of aromatic nitrogens is 3. The lowest BCUT2D eigenvalue weighted by Crippen LogP contribution is -2.08. The first-order valence-corrected chi connectivity index (χ1v) is 3.75. The van der Waals surface area contributed by atoms with E-state index in [-0.39, 0.29) is 0 Å². The van der Waals surface area contributed by atoms with Gasteiger partial charge in [0.2, 0.25) is 5.95 Å². The molecule has 11 heavy (non-hydrogen) atoms. The summed E-state index contributed by atoms with van der Waals surface area (Å²) in [6.45, 7) is 2.04. The third-order valence-electron chi connectivity index (χ3n) is 1.97. The molecule has 0 amide bonds. The number of hydrogen-bond acceptors (Lipinski definition) is 4. The van der Waals surface area contributed by atoms with Crippen LogP contribution in [0.1, 0.15) is 18.2 Å². The van der Waals surface area contributed by atoms with Gasteiger partial charge in [0, 0.05) is 12.5 Å². The predicted octanol–water partition coefficient (Wildman–Crippen LogP) is -0.536. The SMILES string of the molecule is Nc1n[nH]c(C2CCNC2)n1. The van der Waals surface area contributed by atoms with E-state index in [2.05, 4.69) is 20.5 Å². The van der Waals surface area contributed by atoms with E-state index in [1.54, 1.807) is 0 Å². The molecule has 1 atom stereocenters. The molecule has 1 aliphatic heterocycles. The number of hydrogen-bond donors (Lipinski definition) is 3. The van der Waals surface area contributed by atoms with Crippen LogP contribution in [-0.2, 0) is 0 Å². The van der Waals surface area contributed by atoms with E-state index < -0.39 is 0 Å². The molecule has 1 unspecified atom stereocenters. The van der Waals surface area contributed by atoms with Crippen LogP contribution in [-0.4, -0.2) is 28.3 Å². The van der Waals surface area contributed by atoms with Crippen molar-refractivity contribution < 1.29 is 0 Å². The van der Waals surface area contributed by atoms with Crippen molar-refractivity contribution in [1.29, 1.82) is 0 Å². The molecule has 2 heterocycles. The van der Waals surface area contributed by atoms with Crippen molar-refractivity contribution >= 4 is 5.95 Å². The fourth-order valence-electron chi connectivity index (χ4n) is 1.36. The molecule has 0 spiro atoms. The number of aromatic amines is 1. The van der Waals surface area contributed by atoms with Crippen LogP contribution in [0.5, 0.6) is 0 Å². The minimum atomic E-state index is 0.340. The second-order valence-electron chi connectivity index (χ2n) is 2.77. The van der Waals surface area contributed by atoms with Gasteiger partial charge in [-0.1, -0.05) is 0 Å². The molecule has 2 rings (SSSR count). The third kappa shape index (κ3) is 1.19. The number of nitrogens with zero attached hydrogens (tertiary/aromatic N) is 2. The Morgan fingerprint density at radius 1 is 1.55 bits per heavy atom. The van der Waals surface area contributed by atoms with Gasteiger partial charge in [-0.25, -0.2) is 0 Å². The highest BCUT2D eigenvalue weighted by Crippen LogP contribution is 2.18. The normalized spacial score (nSPS) is 24.2. The Kier molecular flexibility index (Phi) is 1.50. The molecule has 1 fully saturated rings. The second kappa shape index (κ2) is 2.50. The van der Waals surface area contributed by atoms with Gasteiger partial charge in [-0.05, 0) is 13.0 Å². The third-order valence-corrected chi connectivity index (χ3v) is 1.97. The highest BCUT2D eigenvalue weighted by atomic mass is 15.3. The van der Waals surface area contributed by atoms with Gasteiger partial charge >= 0.3 is 0 Å². The summed E-state index contributed by atoms with van der Waals surface area (Å²) in [4.78, 5) is 4.06. The Morgan fingerprint density at radius 3 is 3.00 bits per heavy atom. The molecule has 1 aromatic heterocycles. The number of anilines is 1. The summed E-state index contributed by atoms with van der Waals surface area (Å²) < 4.78 is 0. The first-order chi connectivity index (χ1) is 5.36. The van der Waals surface area contributed by atoms with Crippen LogP contribution in [0.3, 0.4) is 0 Å². The summed E-state index contributed by atoms with van der Waals surface area (Å²) >= 11 is 0. The quantitative estimate of drug-likeness (QED) is 0.506. The molecular formula is C6H11N5. The predicted molar refractivity (Wildman–Crippen MR) is 41.0 cm³/mol. The van der Waals surface area contributed by atoms with Crippen LogP contribution < -0.4 is 11.1 Å². The van der Waals surface area contributed by atoms with Crippen molar-refractivity contribution in [3.63, 3.8) is 0 Å². The summed E-state index contributed by atoms with van der Waals surface area (Å²) in [5.74, 6) is 1.72. The summed E-state index contributed by atoms with van der Waals surface area (Å²) in [7, 11) is 0.